The Kier molecular flexibility index (Phi) is 4.86. The standard InChI is InChI=1S/C14H19BrO/c15-11-14-5-3-12(4-6-14)1-2-13-7-9-16-10-8-13/h3-6,13H,1-2,7-11H2. The summed E-state index contributed by atoms with van der Waals surface area (Å²) < 4.78 is 5.38. The predicted octanol–water partition coefficient (Wildman–Crippen LogP) is 3.94. The minimum atomic E-state index is 0.879. The van der Waals surface area contributed by atoms with Crippen molar-refractivity contribution in [2.75, 3.05) is 13.2 Å². The highest BCUT2D eigenvalue weighted by atomic mass is 79.9. The lowest BCUT2D eigenvalue weighted by Gasteiger charge is -2.21. The molecule has 0 saturated carbocycles. The molecule has 1 aliphatic rings. The third kappa shape index (κ3) is 3.60. The zero-order valence-electron chi connectivity index (χ0n) is 9.62. The summed E-state index contributed by atoms with van der Waals surface area (Å²) >= 11 is 3.47. The third-order valence-corrected chi connectivity index (χ3v) is 4.01. The summed E-state index contributed by atoms with van der Waals surface area (Å²) in [4.78, 5) is 0. The smallest absolute Gasteiger partial charge is 0.0468 e. The van der Waals surface area contributed by atoms with Crippen molar-refractivity contribution in [1.82, 2.24) is 0 Å². The molecule has 16 heavy (non-hydrogen) atoms. The lowest BCUT2D eigenvalue weighted by Crippen LogP contribution is -2.16. The molecular weight excluding hydrogens is 264 g/mol. The van der Waals surface area contributed by atoms with Crippen molar-refractivity contribution in [3.8, 4) is 0 Å². The van der Waals surface area contributed by atoms with Crippen LogP contribution in [0, 0.1) is 5.92 Å². The fourth-order valence-corrected chi connectivity index (χ4v) is 2.57. The van der Waals surface area contributed by atoms with Crippen LogP contribution in [0.5, 0.6) is 0 Å². The second-order valence-electron chi connectivity index (χ2n) is 4.54. The first-order valence-corrected chi connectivity index (χ1v) is 7.22. The van der Waals surface area contributed by atoms with Crippen LogP contribution in [0.3, 0.4) is 0 Å². The SMILES string of the molecule is BrCc1ccc(CCC2CCOCC2)cc1. The summed E-state index contributed by atoms with van der Waals surface area (Å²) in [6.45, 7) is 1.93. The molecule has 88 valence electrons. The first-order chi connectivity index (χ1) is 7.88. The average molecular weight is 283 g/mol. The molecule has 0 spiro atoms. The molecule has 0 aromatic heterocycles. The van der Waals surface area contributed by atoms with E-state index in [1.807, 2.05) is 0 Å². The van der Waals surface area contributed by atoms with Crippen LogP contribution in [0.15, 0.2) is 24.3 Å². The van der Waals surface area contributed by atoms with Gasteiger partial charge in [0.15, 0.2) is 0 Å². The molecule has 1 fully saturated rings. The summed E-state index contributed by atoms with van der Waals surface area (Å²) in [5.74, 6) is 0.879. The number of halogens is 1. The van der Waals surface area contributed by atoms with Gasteiger partial charge in [0.1, 0.15) is 0 Å². The highest BCUT2D eigenvalue weighted by Crippen LogP contribution is 2.21. The number of benzene rings is 1. The molecule has 0 N–H and O–H groups in total. The van der Waals surface area contributed by atoms with E-state index >= 15 is 0 Å². The van der Waals surface area contributed by atoms with Gasteiger partial charge in [0, 0.05) is 18.5 Å². The van der Waals surface area contributed by atoms with Gasteiger partial charge in [-0.15, -0.1) is 0 Å². The lowest BCUT2D eigenvalue weighted by molar-refractivity contribution is 0.0640. The number of alkyl halides is 1. The molecule has 0 amide bonds. The summed E-state index contributed by atoms with van der Waals surface area (Å²) in [6.07, 6.45) is 5.03. The van der Waals surface area contributed by atoms with Crippen LogP contribution in [0.25, 0.3) is 0 Å². The van der Waals surface area contributed by atoms with E-state index in [1.165, 1.54) is 36.8 Å². The summed E-state index contributed by atoms with van der Waals surface area (Å²) in [5.41, 5.74) is 2.83. The Bertz CT molecular complexity index is 301. The summed E-state index contributed by atoms with van der Waals surface area (Å²) in [5, 5.41) is 0.952. The molecule has 1 aliphatic heterocycles. The largest absolute Gasteiger partial charge is 0.381 e. The Hall–Kier alpha value is -0.340. The average Bonchev–Trinajstić information content (AvgIpc) is 2.38. The summed E-state index contributed by atoms with van der Waals surface area (Å²) in [7, 11) is 0. The number of hydrogen-bond donors (Lipinski definition) is 0. The third-order valence-electron chi connectivity index (χ3n) is 3.36. The van der Waals surface area contributed by atoms with Gasteiger partial charge in [-0.25, -0.2) is 0 Å². The fraction of sp³-hybridized carbons (Fsp3) is 0.571. The molecule has 0 radical (unpaired) electrons. The van der Waals surface area contributed by atoms with Gasteiger partial charge in [-0.2, -0.15) is 0 Å². The van der Waals surface area contributed by atoms with Crippen LogP contribution in [-0.4, -0.2) is 13.2 Å². The van der Waals surface area contributed by atoms with Crippen LogP contribution in [0.4, 0.5) is 0 Å². The van der Waals surface area contributed by atoms with E-state index in [2.05, 4.69) is 40.2 Å². The highest BCUT2D eigenvalue weighted by molar-refractivity contribution is 9.08. The summed E-state index contributed by atoms with van der Waals surface area (Å²) in [6, 6.07) is 8.95. The van der Waals surface area contributed by atoms with Gasteiger partial charge in [-0.1, -0.05) is 40.2 Å². The maximum atomic E-state index is 5.38. The monoisotopic (exact) mass is 282 g/mol. The van der Waals surface area contributed by atoms with E-state index in [4.69, 9.17) is 4.74 Å². The van der Waals surface area contributed by atoms with Crippen LogP contribution in [-0.2, 0) is 16.5 Å². The molecule has 0 aliphatic carbocycles. The Balaban J connectivity index is 1.79. The fourth-order valence-electron chi connectivity index (χ4n) is 2.20. The van der Waals surface area contributed by atoms with Gasteiger partial charge in [-0.3, -0.25) is 0 Å². The molecule has 0 atom stereocenters. The highest BCUT2D eigenvalue weighted by Gasteiger charge is 2.13. The molecule has 1 heterocycles. The van der Waals surface area contributed by atoms with Crippen LogP contribution < -0.4 is 0 Å². The molecule has 1 saturated heterocycles. The topological polar surface area (TPSA) is 9.23 Å². The van der Waals surface area contributed by atoms with Crippen molar-refractivity contribution in [2.24, 2.45) is 5.92 Å². The van der Waals surface area contributed by atoms with Gasteiger partial charge >= 0.3 is 0 Å². The first kappa shape index (κ1) is 12.1. The van der Waals surface area contributed by atoms with Gasteiger partial charge < -0.3 is 4.74 Å². The second kappa shape index (κ2) is 6.41. The van der Waals surface area contributed by atoms with Gasteiger partial charge in [0.05, 0.1) is 0 Å². The van der Waals surface area contributed by atoms with Crippen LogP contribution in [0.1, 0.15) is 30.4 Å². The van der Waals surface area contributed by atoms with E-state index in [1.54, 1.807) is 0 Å². The van der Waals surface area contributed by atoms with Crippen LogP contribution in [0.2, 0.25) is 0 Å². The number of hydrogen-bond acceptors (Lipinski definition) is 1. The van der Waals surface area contributed by atoms with Crippen molar-refractivity contribution in [2.45, 2.75) is 31.0 Å². The molecule has 2 rings (SSSR count). The lowest BCUT2D eigenvalue weighted by atomic mass is 9.93. The molecule has 1 nitrogen and oxygen atoms in total. The van der Waals surface area contributed by atoms with Crippen LogP contribution >= 0.6 is 15.9 Å². The quantitative estimate of drug-likeness (QED) is 0.760. The number of rotatable bonds is 4. The van der Waals surface area contributed by atoms with Crippen molar-refractivity contribution >= 4 is 15.9 Å². The second-order valence-corrected chi connectivity index (χ2v) is 5.11. The minimum absolute atomic E-state index is 0.879. The van der Waals surface area contributed by atoms with E-state index in [0.29, 0.717) is 0 Å². The van der Waals surface area contributed by atoms with Crippen molar-refractivity contribution in [3.05, 3.63) is 35.4 Å². The van der Waals surface area contributed by atoms with Gasteiger partial charge in [0.25, 0.3) is 0 Å². The van der Waals surface area contributed by atoms with Crippen molar-refractivity contribution in [3.63, 3.8) is 0 Å². The first-order valence-electron chi connectivity index (χ1n) is 6.10. The molecular formula is C14H19BrO. The molecule has 0 bridgehead atoms. The molecule has 0 unspecified atom stereocenters. The van der Waals surface area contributed by atoms with E-state index in [9.17, 15) is 0 Å². The normalized spacial score (nSPS) is 17.6. The Morgan fingerprint density at radius 2 is 1.69 bits per heavy atom. The molecule has 1 aromatic carbocycles. The van der Waals surface area contributed by atoms with Crippen molar-refractivity contribution < 1.29 is 4.74 Å². The van der Waals surface area contributed by atoms with E-state index in [0.717, 1.165) is 24.5 Å². The zero-order valence-corrected chi connectivity index (χ0v) is 11.2. The maximum absolute atomic E-state index is 5.38. The molecule has 1 aromatic rings. The maximum Gasteiger partial charge on any atom is 0.0468 e. The number of aryl methyl sites for hydroxylation is 1. The van der Waals surface area contributed by atoms with E-state index in [-0.39, 0.29) is 0 Å². The van der Waals surface area contributed by atoms with Crippen molar-refractivity contribution in [1.29, 1.82) is 0 Å². The van der Waals surface area contributed by atoms with Gasteiger partial charge in [0.2, 0.25) is 0 Å². The Morgan fingerprint density at radius 3 is 2.31 bits per heavy atom. The Morgan fingerprint density at radius 1 is 1.06 bits per heavy atom. The predicted molar refractivity (Wildman–Crippen MR) is 70.9 cm³/mol. The zero-order chi connectivity index (χ0) is 11.2. The Labute approximate surface area is 106 Å². The minimum Gasteiger partial charge on any atom is -0.381 e. The number of ether oxygens (including phenoxy) is 1. The van der Waals surface area contributed by atoms with E-state index < -0.39 is 0 Å². The van der Waals surface area contributed by atoms with Gasteiger partial charge in [-0.05, 0) is 42.7 Å². The molecule has 2 heteroatoms.